The van der Waals surface area contributed by atoms with Gasteiger partial charge in [0.15, 0.2) is 0 Å². The van der Waals surface area contributed by atoms with E-state index in [-0.39, 0.29) is 6.42 Å². The van der Waals surface area contributed by atoms with E-state index in [1.807, 2.05) is 6.07 Å². The highest BCUT2D eigenvalue weighted by Gasteiger charge is 2.36. The van der Waals surface area contributed by atoms with Gasteiger partial charge in [0.2, 0.25) is 0 Å². The molecule has 0 fully saturated rings. The van der Waals surface area contributed by atoms with Crippen molar-refractivity contribution in [3.63, 3.8) is 0 Å². The van der Waals surface area contributed by atoms with Crippen LogP contribution in [0.4, 0.5) is 8.78 Å². The van der Waals surface area contributed by atoms with Crippen molar-refractivity contribution in [2.45, 2.75) is 17.7 Å². The summed E-state index contributed by atoms with van der Waals surface area (Å²) in [5.74, 6) is 0. The van der Waals surface area contributed by atoms with E-state index >= 15 is 0 Å². The summed E-state index contributed by atoms with van der Waals surface area (Å²) in [4.78, 5) is 11.3. The maximum Gasteiger partial charge on any atom is 0.312 e. The van der Waals surface area contributed by atoms with Gasteiger partial charge in [0.05, 0.1) is 18.2 Å². The summed E-state index contributed by atoms with van der Waals surface area (Å²) in [5, 5.41) is 6.25. The van der Waals surface area contributed by atoms with Crippen molar-refractivity contribution in [2.75, 3.05) is 0 Å². The molecule has 3 heterocycles. The molecule has 0 saturated carbocycles. The standard InChI is InChI=1S/C14H11F2N5S/c15-14(16,22)11(1-4-17)21-6-3-9(7-21)12-10-2-5-18-13(10)20-8-19-12/h2-3,5-8,11,22H,1H2,(H,18,19,20)/t11-/m1/s1. The van der Waals surface area contributed by atoms with E-state index < -0.39 is 11.3 Å². The van der Waals surface area contributed by atoms with Gasteiger partial charge < -0.3 is 9.55 Å². The van der Waals surface area contributed by atoms with Crippen LogP contribution in [0.3, 0.4) is 0 Å². The normalized spacial score (nSPS) is 13.2. The van der Waals surface area contributed by atoms with E-state index in [4.69, 9.17) is 5.26 Å². The van der Waals surface area contributed by atoms with E-state index in [9.17, 15) is 8.78 Å². The van der Waals surface area contributed by atoms with Crippen molar-refractivity contribution in [3.8, 4) is 17.3 Å². The van der Waals surface area contributed by atoms with Crippen molar-refractivity contribution in [1.82, 2.24) is 19.5 Å². The molecule has 5 nitrogen and oxygen atoms in total. The summed E-state index contributed by atoms with van der Waals surface area (Å²) in [5.41, 5.74) is 1.99. The van der Waals surface area contributed by atoms with E-state index in [1.54, 1.807) is 24.5 Å². The molecule has 0 aliphatic rings. The number of aromatic amines is 1. The zero-order valence-electron chi connectivity index (χ0n) is 11.2. The van der Waals surface area contributed by atoms with Crippen molar-refractivity contribution >= 4 is 23.7 Å². The lowest BCUT2D eigenvalue weighted by Crippen LogP contribution is -2.24. The molecule has 0 aromatic carbocycles. The van der Waals surface area contributed by atoms with Crippen molar-refractivity contribution in [2.24, 2.45) is 0 Å². The average Bonchev–Trinajstić information content (AvgIpc) is 3.11. The molecule has 0 aliphatic carbocycles. The highest BCUT2D eigenvalue weighted by Crippen LogP contribution is 2.36. The van der Waals surface area contributed by atoms with E-state index in [0.29, 0.717) is 16.9 Å². The van der Waals surface area contributed by atoms with Crippen LogP contribution < -0.4 is 0 Å². The van der Waals surface area contributed by atoms with Crippen molar-refractivity contribution < 1.29 is 8.78 Å². The Kier molecular flexibility index (Phi) is 3.58. The number of halogens is 2. The summed E-state index contributed by atoms with van der Waals surface area (Å²) in [7, 11) is 0. The van der Waals surface area contributed by atoms with E-state index in [1.165, 1.54) is 17.1 Å². The Morgan fingerprint density at radius 1 is 1.41 bits per heavy atom. The van der Waals surface area contributed by atoms with Gasteiger partial charge in [-0.25, -0.2) is 9.97 Å². The fourth-order valence-corrected chi connectivity index (χ4v) is 2.57. The molecular formula is C14H11F2N5S. The average molecular weight is 319 g/mol. The van der Waals surface area contributed by atoms with Crippen molar-refractivity contribution in [3.05, 3.63) is 37.1 Å². The Bertz CT molecular complexity index is 843. The summed E-state index contributed by atoms with van der Waals surface area (Å²) < 4.78 is 28.4. The van der Waals surface area contributed by atoms with Gasteiger partial charge in [0, 0.05) is 29.5 Å². The number of nitrogens with one attached hydrogen (secondary N) is 1. The molecule has 8 heteroatoms. The van der Waals surface area contributed by atoms with Crippen LogP contribution in [-0.4, -0.2) is 24.8 Å². The van der Waals surface area contributed by atoms with Crippen LogP contribution in [0, 0.1) is 11.3 Å². The van der Waals surface area contributed by atoms with Gasteiger partial charge in [0.25, 0.3) is 0 Å². The molecular weight excluding hydrogens is 308 g/mol. The number of fused-ring (bicyclic) bond motifs is 1. The van der Waals surface area contributed by atoms with E-state index in [2.05, 4.69) is 27.6 Å². The largest absolute Gasteiger partial charge is 0.346 e. The maximum atomic E-state index is 13.5. The SMILES string of the molecule is N#CC[C@@H](n1ccc(-c2ncnc3[nH]ccc23)c1)C(F)(F)S. The third kappa shape index (κ3) is 2.55. The number of thiol groups is 1. The molecule has 3 aromatic rings. The second kappa shape index (κ2) is 5.42. The van der Waals surface area contributed by atoms with Crippen LogP contribution in [0.1, 0.15) is 12.5 Å². The van der Waals surface area contributed by atoms with Crippen LogP contribution in [-0.2, 0) is 0 Å². The van der Waals surface area contributed by atoms with Gasteiger partial charge in [0.1, 0.15) is 18.0 Å². The number of nitriles is 1. The lowest BCUT2D eigenvalue weighted by Gasteiger charge is -2.21. The number of hydrogen-bond donors (Lipinski definition) is 2. The number of rotatable bonds is 4. The predicted molar refractivity (Wildman–Crippen MR) is 80.5 cm³/mol. The molecule has 112 valence electrons. The lowest BCUT2D eigenvalue weighted by molar-refractivity contribution is 0.0481. The molecule has 3 aromatic heterocycles. The first-order valence-corrected chi connectivity index (χ1v) is 6.88. The second-order valence-electron chi connectivity index (χ2n) is 4.78. The molecule has 22 heavy (non-hydrogen) atoms. The number of hydrogen-bond acceptors (Lipinski definition) is 4. The summed E-state index contributed by atoms with van der Waals surface area (Å²) in [6.45, 7) is 0. The minimum Gasteiger partial charge on any atom is -0.346 e. The van der Waals surface area contributed by atoms with E-state index in [0.717, 1.165) is 5.39 Å². The molecule has 1 N–H and O–H groups in total. The molecule has 0 amide bonds. The van der Waals surface area contributed by atoms with Crippen LogP contribution in [0.15, 0.2) is 37.1 Å². The maximum absolute atomic E-state index is 13.5. The molecule has 0 bridgehead atoms. The minimum absolute atomic E-state index is 0.339. The van der Waals surface area contributed by atoms with Gasteiger partial charge in [-0.15, -0.1) is 12.6 Å². The number of aromatic nitrogens is 4. The lowest BCUT2D eigenvalue weighted by atomic mass is 10.2. The first-order chi connectivity index (χ1) is 10.5. The summed E-state index contributed by atoms with van der Waals surface area (Å²) >= 11 is 3.30. The van der Waals surface area contributed by atoms with Gasteiger partial charge in [-0.1, -0.05) is 0 Å². The Balaban J connectivity index is 2.04. The summed E-state index contributed by atoms with van der Waals surface area (Å²) in [6.07, 6.45) is 5.85. The van der Waals surface area contributed by atoms with Crippen LogP contribution in [0.25, 0.3) is 22.3 Å². The first kappa shape index (κ1) is 14.5. The zero-order valence-corrected chi connectivity index (χ0v) is 12.1. The molecule has 0 spiro atoms. The fourth-order valence-electron chi connectivity index (χ4n) is 2.34. The number of nitrogens with zero attached hydrogens (tertiary/aromatic N) is 4. The monoisotopic (exact) mass is 319 g/mol. The molecule has 0 unspecified atom stereocenters. The van der Waals surface area contributed by atoms with Crippen LogP contribution in [0.5, 0.6) is 0 Å². The number of alkyl halides is 2. The Morgan fingerprint density at radius 2 is 2.23 bits per heavy atom. The Hall–Kier alpha value is -2.40. The Labute approximate surface area is 130 Å². The molecule has 0 saturated heterocycles. The van der Waals surface area contributed by atoms with Gasteiger partial charge in [-0.3, -0.25) is 0 Å². The zero-order chi connectivity index (χ0) is 15.7. The van der Waals surface area contributed by atoms with Gasteiger partial charge in [-0.2, -0.15) is 14.0 Å². The topological polar surface area (TPSA) is 70.3 Å². The highest BCUT2D eigenvalue weighted by atomic mass is 32.1. The summed E-state index contributed by atoms with van der Waals surface area (Å²) in [6, 6.07) is 3.93. The first-order valence-electron chi connectivity index (χ1n) is 6.44. The van der Waals surface area contributed by atoms with Gasteiger partial charge in [-0.05, 0) is 12.1 Å². The fraction of sp³-hybridized carbons (Fsp3) is 0.214. The quantitative estimate of drug-likeness (QED) is 0.724. The molecule has 0 radical (unpaired) electrons. The molecule has 0 aliphatic heterocycles. The highest BCUT2D eigenvalue weighted by molar-refractivity contribution is 7.81. The van der Waals surface area contributed by atoms with Crippen molar-refractivity contribution in [1.29, 1.82) is 5.26 Å². The number of H-pyrrole nitrogens is 1. The van der Waals surface area contributed by atoms with Crippen LogP contribution >= 0.6 is 12.6 Å². The predicted octanol–water partition coefficient (Wildman–Crippen LogP) is 3.40. The smallest absolute Gasteiger partial charge is 0.312 e. The van der Waals surface area contributed by atoms with Crippen LogP contribution in [0.2, 0.25) is 0 Å². The minimum atomic E-state index is -3.29. The Morgan fingerprint density at radius 3 is 2.95 bits per heavy atom. The third-order valence-electron chi connectivity index (χ3n) is 3.39. The van der Waals surface area contributed by atoms with Gasteiger partial charge >= 0.3 is 5.25 Å². The third-order valence-corrected chi connectivity index (χ3v) is 3.69. The molecule has 3 rings (SSSR count). The second-order valence-corrected chi connectivity index (χ2v) is 5.37. The molecule has 1 atom stereocenters.